The number of hydrogen-bond donors (Lipinski definition) is 1. The molecule has 2 aromatic rings. The lowest BCUT2D eigenvalue weighted by Crippen LogP contribution is -2.26. The van der Waals surface area contributed by atoms with Crippen molar-refractivity contribution in [2.24, 2.45) is 5.92 Å². The quantitative estimate of drug-likeness (QED) is 0.692. The minimum absolute atomic E-state index is 0.121. The molecule has 1 saturated carbocycles. The lowest BCUT2D eigenvalue weighted by atomic mass is 10.1. The first-order valence-corrected chi connectivity index (χ1v) is 10.7. The highest BCUT2D eigenvalue weighted by molar-refractivity contribution is 5.67. The summed E-state index contributed by atoms with van der Waals surface area (Å²) in [5.41, 5.74) is 2.21. The van der Waals surface area contributed by atoms with Gasteiger partial charge in [-0.2, -0.15) is 0 Å². The van der Waals surface area contributed by atoms with Gasteiger partial charge in [-0.1, -0.05) is 12.1 Å². The van der Waals surface area contributed by atoms with Gasteiger partial charge in [-0.15, -0.1) is 0 Å². The number of ether oxygens (including phenoxy) is 3. The fraction of sp³-hybridized carbons (Fsp3) is 0.458. The Bertz CT molecular complexity index is 833. The van der Waals surface area contributed by atoms with Crippen molar-refractivity contribution in [2.75, 3.05) is 31.7 Å². The first-order valence-electron chi connectivity index (χ1n) is 10.7. The van der Waals surface area contributed by atoms with E-state index >= 15 is 0 Å². The van der Waals surface area contributed by atoms with Crippen LogP contribution in [0.4, 0.5) is 10.5 Å². The first kappa shape index (κ1) is 20.4. The molecule has 0 bridgehead atoms. The summed E-state index contributed by atoms with van der Waals surface area (Å²) in [4.78, 5) is 13.7. The topological polar surface area (TPSA) is 60.0 Å². The van der Waals surface area contributed by atoms with Crippen LogP contribution in [0, 0.1) is 5.92 Å². The van der Waals surface area contributed by atoms with Gasteiger partial charge in [0.2, 0.25) is 0 Å². The third-order valence-corrected chi connectivity index (χ3v) is 5.73. The van der Waals surface area contributed by atoms with E-state index in [9.17, 15) is 4.79 Å². The van der Waals surface area contributed by atoms with Crippen LogP contribution in [-0.4, -0.2) is 39.0 Å². The molecule has 6 nitrogen and oxygen atoms in total. The third kappa shape index (κ3) is 5.38. The lowest BCUT2D eigenvalue weighted by Gasteiger charge is -2.20. The Balaban J connectivity index is 1.26. The van der Waals surface area contributed by atoms with Crippen LogP contribution in [0.25, 0.3) is 0 Å². The zero-order chi connectivity index (χ0) is 20.9. The number of rotatable bonds is 8. The largest absolute Gasteiger partial charge is 0.493 e. The number of nitrogens with one attached hydrogen (secondary N) is 1. The molecule has 1 heterocycles. The van der Waals surface area contributed by atoms with E-state index in [1.165, 1.54) is 25.6 Å². The molecule has 2 aromatic carbocycles. The van der Waals surface area contributed by atoms with E-state index in [0.717, 1.165) is 49.1 Å². The van der Waals surface area contributed by atoms with Crippen LogP contribution in [0.3, 0.4) is 0 Å². The maximum Gasteiger partial charge on any atom is 0.407 e. The van der Waals surface area contributed by atoms with Crippen molar-refractivity contribution in [2.45, 2.75) is 38.3 Å². The van der Waals surface area contributed by atoms with E-state index < -0.39 is 6.09 Å². The number of amides is 1. The molecule has 0 spiro atoms. The maximum atomic E-state index is 11.4. The van der Waals surface area contributed by atoms with Gasteiger partial charge in [0.25, 0.3) is 0 Å². The summed E-state index contributed by atoms with van der Waals surface area (Å²) >= 11 is 0. The van der Waals surface area contributed by atoms with Crippen molar-refractivity contribution in [3.05, 3.63) is 54.1 Å². The van der Waals surface area contributed by atoms with E-state index in [-0.39, 0.29) is 12.1 Å². The van der Waals surface area contributed by atoms with Crippen LogP contribution in [-0.2, 0) is 4.74 Å². The van der Waals surface area contributed by atoms with Gasteiger partial charge in [-0.3, -0.25) is 0 Å². The molecular formula is C24H30N2O4. The average Bonchev–Trinajstić information content (AvgIpc) is 3.49. The van der Waals surface area contributed by atoms with E-state index in [1.54, 1.807) is 0 Å². The van der Waals surface area contributed by atoms with Crippen LogP contribution in [0.15, 0.2) is 48.5 Å². The molecule has 30 heavy (non-hydrogen) atoms. The van der Waals surface area contributed by atoms with E-state index in [1.807, 2.05) is 31.2 Å². The molecular weight excluding hydrogens is 380 g/mol. The van der Waals surface area contributed by atoms with Gasteiger partial charge in [0.15, 0.2) is 0 Å². The molecule has 2 aliphatic rings. The van der Waals surface area contributed by atoms with Gasteiger partial charge in [0, 0.05) is 18.7 Å². The van der Waals surface area contributed by atoms with Gasteiger partial charge < -0.3 is 24.4 Å². The summed E-state index contributed by atoms with van der Waals surface area (Å²) in [7, 11) is 1.36. The van der Waals surface area contributed by atoms with Crippen LogP contribution in [0.1, 0.15) is 37.8 Å². The highest BCUT2D eigenvalue weighted by Crippen LogP contribution is 2.30. The second-order valence-electron chi connectivity index (χ2n) is 8.15. The molecule has 1 aliphatic heterocycles. The summed E-state index contributed by atoms with van der Waals surface area (Å²) in [6, 6.07) is 16.1. The smallest absolute Gasteiger partial charge is 0.407 e. The number of alkyl carbamates (subject to hydrolysis) is 1. The minimum Gasteiger partial charge on any atom is -0.493 e. The summed E-state index contributed by atoms with van der Waals surface area (Å²) in [5, 5.41) is 2.77. The third-order valence-electron chi connectivity index (χ3n) is 5.73. The Morgan fingerprint density at radius 3 is 2.43 bits per heavy atom. The van der Waals surface area contributed by atoms with E-state index in [0.29, 0.717) is 0 Å². The molecule has 1 saturated heterocycles. The van der Waals surface area contributed by atoms with Gasteiger partial charge in [-0.05, 0) is 67.6 Å². The number of carbonyl (C=O) groups is 1. The summed E-state index contributed by atoms with van der Waals surface area (Å²) in [5.74, 6) is 2.57. The molecule has 2 fully saturated rings. The number of carbonyl (C=O) groups excluding carboxylic acids is 1. The zero-order valence-electron chi connectivity index (χ0n) is 17.7. The number of benzene rings is 2. The zero-order valence-corrected chi connectivity index (χ0v) is 17.7. The summed E-state index contributed by atoms with van der Waals surface area (Å²) in [6.07, 6.45) is 3.32. The number of hydrogen-bond acceptors (Lipinski definition) is 5. The first-order chi connectivity index (χ1) is 14.6. The van der Waals surface area contributed by atoms with Crippen LogP contribution < -0.4 is 19.7 Å². The number of anilines is 1. The van der Waals surface area contributed by atoms with Crippen LogP contribution >= 0.6 is 0 Å². The summed E-state index contributed by atoms with van der Waals surface area (Å²) in [6.45, 7) is 4.61. The Hall–Kier alpha value is -2.89. The van der Waals surface area contributed by atoms with Crippen molar-refractivity contribution in [3.63, 3.8) is 0 Å². The Morgan fingerprint density at radius 1 is 1.07 bits per heavy atom. The average molecular weight is 411 g/mol. The highest BCUT2D eigenvalue weighted by Gasteiger charge is 2.25. The second kappa shape index (κ2) is 9.28. The molecule has 6 heteroatoms. The molecule has 0 unspecified atom stereocenters. The van der Waals surface area contributed by atoms with Gasteiger partial charge in [0.1, 0.15) is 17.6 Å². The molecule has 0 aromatic heterocycles. The Kier molecular flexibility index (Phi) is 6.31. The molecule has 1 aliphatic carbocycles. The van der Waals surface area contributed by atoms with E-state index in [2.05, 4.69) is 39.2 Å². The number of methoxy groups -OCH3 is 1. The standard InChI is InChI=1S/C24H30N2O4/c1-17(25-24(27)28-2)19-5-9-22(10-6-19)30-23-13-14-26(15-23)20-7-11-21(12-8-20)29-16-18-3-4-18/h5-12,17-18,23H,3-4,13-16H2,1-2H3,(H,25,27)/t17-,23+/m0/s1. The molecule has 1 amide bonds. The highest BCUT2D eigenvalue weighted by atomic mass is 16.5. The van der Waals surface area contributed by atoms with Crippen molar-refractivity contribution in [3.8, 4) is 11.5 Å². The fourth-order valence-corrected chi connectivity index (χ4v) is 3.66. The SMILES string of the molecule is COC(=O)N[C@@H](C)c1ccc(O[C@@H]2CCN(c3ccc(OCC4CC4)cc3)C2)cc1. The van der Waals surface area contributed by atoms with Crippen LogP contribution in [0.2, 0.25) is 0 Å². The minimum atomic E-state index is -0.434. The molecule has 2 atom stereocenters. The van der Waals surface area contributed by atoms with Crippen molar-refractivity contribution in [1.29, 1.82) is 0 Å². The monoisotopic (exact) mass is 410 g/mol. The van der Waals surface area contributed by atoms with Crippen molar-refractivity contribution < 1.29 is 19.0 Å². The lowest BCUT2D eigenvalue weighted by molar-refractivity contribution is 0.167. The van der Waals surface area contributed by atoms with E-state index in [4.69, 9.17) is 9.47 Å². The fourth-order valence-electron chi connectivity index (χ4n) is 3.66. The van der Waals surface area contributed by atoms with Crippen LogP contribution in [0.5, 0.6) is 11.5 Å². The van der Waals surface area contributed by atoms with Gasteiger partial charge >= 0.3 is 6.09 Å². The molecule has 160 valence electrons. The van der Waals surface area contributed by atoms with Crippen molar-refractivity contribution in [1.82, 2.24) is 5.32 Å². The Morgan fingerprint density at radius 2 is 1.77 bits per heavy atom. The van der Waals surface area contributed by atoms with Crippen molar-refractivity contribution >= 4 is 11.8 Å². The van der Waals surface area contributed by atoms with Gasteiger partial charge in [-0.25, -0.2) is 4.79 Å². The molecule has 0 radical (unpaired) electrons. The second-order valence-corrected chi connectivity index (χ2v) is 8.15. The molecule has 1 N–H and O–H groups in total. The molecule has 4 rings (SSSR count). The maximum absolute atomic E-state index is 11.4. The number of nitrogens with zero attached hydrogens (tertiary/aromatic N) is 1. The predicted octanol–water partition coefficient (Wildman–Crippen LogP) is 4.55. The normalized spacial score (nSPS) is 19.3. The predicted molar refractivity (Wildman–Crippen MR) is 116 cm³/mol. The van der Waals surface area contributed by atoms with Gasteiger partial charge in [0.05, 0.1) is 26.3 Å². The Labute approximate surface area is 178 Å². The summed E-state index contributed by atoms with van der Waals surface area (Å²) < 4.78 is 16.7.